The minimum atomic E-state index is -4.63. The standard InChI is InChI=1S/C17H13BrO9S/c1-25-9-4-3-7(5-10(9)28(22,23)24)8-6-27-16-11(13(8)19)14(20)17(26-2)15(21)12(16)18/h3-6,20-21H,1-2H3,(H,22,23,24). The minimum absolute atomic E-state index is 0.00541. The summed E-state index contributed by atoms with van der Waals surface area (Å²) < 4.78 is 47.8. The maximum atomic E-state index is 13.0. The van der Waals surface area contributed by atoms with Gasteiger partial charge in [0.15, 0.2) is 17.1 Å². The second-order valence-corrected chi connectivity index (χ2v) is 7.75. The van der Waals surface area contributed by atoms with E-state index in [9.17, 15) is 28.0 Å². The molecule has 1 aromatic heterocycles. The molecule has 0 fully saturated rings. The maximum Gasteiger partial charge on any atom is 0.298 e. The van der Waals surface area contributed by atoms with Crippen LogP contribution in [0.1, 0.15) is 0 Å². The molecule has 0 aliphatic carbocycles. The number of aromatic hydroxyl groups is 2. The Morgan fingerprint density at radius 2 is 1.79 bits per heavy atom. The van der Waals surface area contributed by atoms with Crippen LogP contribution < -0.4 is 14.9 Å². The van der Waals surface area contributed by atoms with Gasteiger partial charge >= 0.3 is 0 Å². The quantitative estimate of drug-likeness (QED) is 0.488. The lowest BCUT2D eigenvalue weighted by atomic mass is 10.0. The van der Waals surface area contributed by atoms with Crippen LogP contribution in [0.15, 0.2) is 43.0 Å². The third-order valence-corrected chi connectivity index (χ3v) is 5.63. The fourth-order valence-electron chi connectivity index (χ4n) is 2.72. The highest BCUT2D eigenvalue weighted by Gasteiger charge is 2.25. The molecule has 0 bridgehead atoms. The molecule has 1 heterocycles. The van der Waals surface area contributed by atoms with Crippen molar-refractivity contribution in [3.05, 3.63) is 39.2 Å². The fourth-order valence-corrected chi connectivity index (χ4v) is 3.87. The van der Waals surface area contributed by atoms with Gasteiger partial charge in [-0.05, 0) is 33.6 Å². The van der Waals surface area contributed by atoms with Gasteiger partial charge in [0.1, 0.15) is 26.8 Å². The lowest BCUT2D eigenvalue weighted by Crippen LogP contribution is -2.07. The molecular weight excluding hydrogens is 460 g/mol. The second kappa shape index (κ2) is 7.00. The van der Waals surface area contributed by atoms with Gasteiger partial charge in [0, 0.05) is 0 Å². The predicted octanol–water partition coefficient (Wildman–Crippen LogP) is 2.90. The predicted molar refractivity (Wildman–Crippen MR) is 102 cm³/mol. The van der Waals surface area contributed by atoms with Crippen LogP contribution in [0.4, 0.5) is 0 Å². The summed E-state index contributed by atoms with van der Waals surface area (Å²) in [6.07, 6.45) is 1.04. The van der Waals surface area contributed by atoms with Crippen LogP contribution >= 0.6 is 15.9 Å². The summed E-state index contributed by atoms with van der Waals surface area (Å²) in [7, 11) is -2.21. The van der Waals surface area contributed by atoms with Crippen LogP contribution in [-0.4, -0.2) is 37.4 Å². The molecule has 2 aromatic carbocycles. The van der Waals surface area contributed by atoms with Gasteiger partial charge < -0.3 is 24.1 Å². The van der Waals surface area contributed by atoms with Crippen molar-refractivity contribution in [2.75, 3.05) is 14.2 Å². The van der Waals surface area contributed by atoms with E-state index in [-0.39, 0.29) is 38.1 Å². The van der Waals surface area contributed by atoms with Crippen molar-refractivity contribution in [1.29, 1.82) is 0 Å². The number of halogens is 1. The first-order valence-electron chi connectivity index (χ1n) is 7.50. The Bertz CT molecular complexity index is 1260. The van der Waals surface area contributed by atoms with Crippen LogP contribution in [0.2, 0.25) is 0 Å². The summed E-state index contributed by atoms with van der Waals surface area (Å²) in [5.41, 5.74) is -0.862. The summed E-state index contributed by atoms with van der Waals surface area (Å²) >= 11 is 3.08. The van der Waals surface area contributed by atoms with Gasteiger partial charge in [-0.3, -0.25) is 9.35 Å². The van der Waals surface area contributed by atoms with Gasteiger partial charge in [0.2, 0.25) is 11.2 Å². The van der Waals surface area contributed by atoms with Crippen molar-refractivity contribution in [3.63, 3.8) is 0 Å². The van der Waals surface area contributed by atoms with Crippen LogP contribution in [0, 0.1) is 0 Å². The zero-order valence-electron chi connectivity index (χ0n) is 14.4. The first kappa shape index (κ1) is 20.0. The molecule has 0 radical (unpaired) electrons. The Morgan fingerprint density at radius 3 is 2.36 bits per heavy atom. The number of methoxy groups -OCH3 is 2. The number of hydrogen-bond donors (Lipinski definition) is 3. The van der Waals surface area contributed by atoms with Crippen molar-refractivity contribution in [1.82, 2.24) is 0 Å². The first-order valence-corrected chi connectivity index (χ1v) is 9.73. The molecule has 3 N–H and O–H groups in total. The van der Waals surface area contributed by atoms with Gasteiger partial charge in [-0.1, -0.05) is 6.07 Å². The highest BCUT2D eigenvalue weighted by molar-refractivity contribution is 9.10. The molecule has 0 spiro atoms. The van der Waals surface area contributed by atoms with Crippen molar-refractivity contribution >= 4 is 37.0 Å². The molecule has 0 atom stereocenters. The average molecular weight is 473 g/mol. The number of ether oxygens (including phenoxy) is 2. The van der Waals surface area contributed by atoms with Crippen molar-refractivity contribution < 1.29 is 37.1 Å². The maximum absolute atomic E-state index is 13.0. The van der Waals surface area contributed by atoms with Gasteiger partial charge in [-0.15, -0.1) is 0 Å². The molecule has 9 nitrogen and oxygen atoms in total. The van der Waals surface area contributed by atoms with E-state index in [2.05, 4.69) is 15.9 Å². The van der Waals surface area contributed by atoms with Crippen LogP contribution in [0.25, 0.3) is 22.1 Å². The van der Waals surface area contributed by atoms with Crippen molar-refractivity contribution in [2.45, 2.75) is 4.90 Å². The van der Waals surface area contributed by atoms with Crippen LogP contribution in [-0.2, 0) is 10.1 Å². The molecule has 0 aliphatic rings. The summed E-state index contributed by atoms with van der Waals surface area (Å²) in [4.78, 5) is 12.4. The molecule has 0 amide bonds. The van der Waals surface area contributed by atoms with E-state index in [1.54, 1.807) is 0 Å². The number of hydrogen-bond acceptors (Lipinski definition) is 8. The molecule has 0 aliphatic heterocycles. The zero-order chi connectivity index (χ0) is 20.8. The number of phenolic OH excluding ortho intramolecular Hbond substituents is 2. The highest BCUT2D eigenvalue weighted by Crippen LogP contribution is 2.47. The van der Waals surface area contributed by atoms with Gasteiger partial charge in [-0.25, -0.2) is 0 Å². The van der Waals surface area contributed by atoms with Crippen molar-refractivity contribution in [2.24, 2.45) is 0 Å². The summed E-state index contributed by atoms with van der Waals surface area (Å²) in [5.74, 6) is -1.55. The van der Waals surface area contributed by atoms with Crippen LogP contribution in [0.3, 0.4) is 0 Å². The molecule has 0 unspecified atom stereocenters. The molecule has 148 valence electrons. The summed E-state index contributed by atoms with van der Waals surface area (Å²) in [5, 5.41) is 20.1. The van der Waals surface area contributed by atoms with E-state index in [0.717, 1.165) is 12.3 Å². The molecule has 0 saturated carbocycles. The molecule has 3 rings (SSSR count). The Morgan fingerprint density at radius 1 is 1.11 bits per heavy atom. The van der Waals surface area contributed by atoms with E-state index in [4.69, 9.17) is 13.9 Å². The molecule has 3 aromatic rings. The molecule has 0 saturated heterocycles. The average Bonchev–Trinajstić information content (AvgIpc) is 2.65. The first-order chi connectivity index (χ1) is 13.1. The summed E-state index contributed by atoms with van der Waals surface area (Å²) in [6.45, 7) is 0. The Kier molecular flexibility index (Phi) is 5.00. The van der Waals surface area contributed by atoms with Crippen LogP contribution in [0.5, 0.6) is 23.0 Å². The van der Waals surface area contributed by atoms with Gasteiger partial charge in [0.05, 0.1) is 19.8 Å². The highest BCUT2D eigenvalue weighted by atomic mass is 79.9. The largest absolute Gasteiger partial charge is 0.504 e. The van der Waals surface area contributed by atoms with E-state index < -0.39 is 31.9 Å². The normalized spacial score (nSPS) is 11.6. The lowest BCUT2D eigenvalue weighted by Gasteiger charge is -2.12. The fraction of sp³-hybridized carbons (Fsp3) is 0.118. The Labute approximate surface area is 166 Å². The molecule has 28 heavy (non-hydrogen) atoms. The molecular formula is C17H13BrO9S. The SMILES string of the molecule is COc1ccc(-c2coc3c(Br)c(O)c(OC)c(O)c3c2=O)cc1S(=O)(=O)O. The smallest absolute Gasteiger partial charge is 0.298 e. The Balaban J connectivity index is 2.38. The third-order valence-electron chi connectivity index (χ3n) is 4.02. The summed E-state index contributed by atoms with van der Waals surface area (Å²) in [6, 6.07) is 3.68. The van der Waals surface area contributed by atoms with E-state index in [1.807, 2.05) is 0 Å². The van der Waals surface area contributed by atoms with Gasteiger partial charge in [0.25, 0.3) is 10.1 Å². The topological polar surface area (TPSA) is 143 Å². The van der Waals surface area contributed by atoms with E-state index >= 15 is 0 Å². The second-order valence-electron chi connectivity index (χ2n) is 5.57. The monoisotopic (exact) mass is 472 g/mol. The number of phenols is 2. The van der Waals surface area contributed by atoms with Crippen molar-refractivity contribution in [3.8, 4) is 34.1 Å². The molecule has 11 heteroatoms. The zero-order valence-corrected chi connectivity index (χ0v) is 16.8. The number of benzene rings is 2. The Hall–Kier alpha value is -2.76. The van der Waals surface area contributed by atoms with Gasteiger partial charge in [-0.2, -0.15) is 8.42 Å². The van der Waals surface area contributed by atoms with E-state index in [0.29, 0.717) is 0 Å². The lowest BCUT2D eigenvalue weighted by molar-refractivity contribution is 0.345. The van der Waals surface area contributed by atoms with E-state index in [1.165, 1.54) is 26.4 Å². The number of fused-ring (bicyclic) bond motifs is 1. The third kappa shape index (κ3) is 3.07. The minimum Gasteiger partial charge on any atom is -0.504 e. The number of rotatable bonds is 4.